The number of hydrogen-bond acceptors (Lipinski definition) is 1. The van der Waals surface area contributed by atoms with E-state index in [2.05, 4.69) is 12.2 Å². The first-order valence-corrected chi connectivity index (χ1v) is 3.89. The van der Waals surface area contributed by atoms with Gasteiger partial charge in [-0.05, 0) is 25.3 Å². The van der Waals surface area contributed by atoms with Crippen LogP contribution in [0.15, 0.2) is 36.0 Å². The molecule has 0 unspecified atom stereocenters. The van der Waals surface area contributed by atoms with Gasteiger partial charge in [0.05, 0.1) is 0 Å². The van der Waals surface area contributed by atoms with Crippen LogP contribution >= 0.6 is 0 Å². The van der Waals surface area contributed by atoms with Crippen LogP contribution in [0.1, 0.15) is 19.8 Å². The van der Waals surface area contributed by atoms with Crippen molar-refractivity contribution in [2.45, 2.75) is 19.8 Å². The zero-order valence-electron chi connectivity index (χ0n) is 6.80. The summed E-state index contributed by atoms with van der Waals surface area (Å²) in [7, 11) is 0. The van der Waals surface area contributed by atoms with E-state index in [-0.39, 0.29) is 0 Å². The molecule has 0 aromatic rings. The molecule has 1 heteroatoms. The van der Waals surface area contributed by atoms with Gasteiger partial charge in [-0.2, -0.15) is 0 Å². The summed E-state index contributed by atoms with van der Waals surface area (Å²) in [5.74, 6) is 0. The van der Waals surface area contributed by atoms with E-state index in [0.717, 1.165) is 18.4 Å². The molecule has 1 aliphatic rings. The zero-order chi connectivity index (χ0) is 8.10. The molecule has 0 radical (unpaired) electrons. The minimum Gasteiger partial charge on any atom is -0.305 e. The van der Waals surface area contributed by atoms with Gasteiger partial charge in [0.2, 0.25) is 0 Å². The fraction of sp³-hybridized carbons (Fsp3) is 0.300. The molecule has 0 saturated carbocycles. The number of nitrogens with one attached hydrogen (secondary N) is 1. The van der Waals surface area contributed by atoms with E-state index < -0.39 is 0 Å². The van der Waals surface area contributed by atoms with E-state index in [0.29, 0.717) is 5.71 Å². The normalized spacial score (nSPS) is 19.9. The summed E-state index contributed by atoms with van der Waals surface area (Å²) in [5, 5.41) is 7.40. The summed E-state index contributed by atoms with van der Waals surface area (Å²) < 4.78 is 0. The average Bonchev–Trinajstić information content (AvgIpc) is 1.84. The van der Waals surface area contributed by atoms with Gasteiger partial charge in [0.15, 0.2) is 0 Å². The predicted octanol–water partition coefficient (Wildman–Crippen LogP) is 2.86. The van der Waals surface area contributed by atoms with Gasteiger partial charge in [0, 0.05) is 5.71 Å². The number of hydrogen-bond donors (Lipinski definition) is 1. The Bertz CT molecular complexity index is 231. The van der Waals surface area contributed by atoms with E-state index in [1.54, 1.807) is 0 Å². The van der Waals surface area contributed by atoms with E-state index in [1.807, 2.05) is 25.2 Å². The fourth-order valence-corrected chi connectivity index (χ4v) is 0.976. The minimum atomic E-state index is 0.632. The van der Waals surface area contributed by atoms with Crippen molar-refractivity contribution in [3.05, 3.63) is 36.0 Å². The van der Waals surface area contributed by atoms with E-state index in [4.69, 9.17) is 5.41 Å². The Hall–Kier alpha value is -1.11. The van der Waals surface area contributed by atoms with Crippen LogP contribution in [0.2, 0.25) is 0 Å². The van der Waals surface area contributed by atoms with Crippen molar-refractivity contribution >= 4 is 5.71 Å². The summed E-state index contributed by atoms with van der Waals surface area (Å²) in [6.07, 6.45) is 12.5. The third-order valence-corrected chi connectivity index (χ3v) is 1.64. The van der Waals surface area contributed by atoms with Crippen molar-refractivity contribution in [3.63, 3.8) is 0 Å². The molecule has 1 nitrogen and oxygen atoms in total. The lowest BCUT2D eigenvalue weighted by molar-refractivity contribution is 1.05. The van der Waals surface area contributed by atoms with Crippen LogP contribution in [0.3, 0.4) is 0 Å². The Morgan fingerprint density at radius 3 is 2.82 bits per heavy atom. The monoisotopic (exact) mass is 147 g/mol. The molecular weight excluding hydrogens is 134 g/mol. The molecule has 0 aromatic carbocycles. The summed E-state index contributed by atoms with van der Waals surface area (Å²) in [6.45, 7) is 1.81. The molecule has 0 amide bonds. The van der Waals surface area contributed by atoms with Crippen LogP contribution < -0.4 is 0 Å². The molecule has 1 rings (SSSR count). The van der Waals surface area contributed by atoms with Gasteiger partial charge in [-0.1, -0.05) is 30.4 Å². The van der Waals surface area contributed by atoms with Crippen LogP contribution in [0, 0.1) is 5.41 Å². The molecule has 0 aliphatic heterocycles. The van der Waals surface area contributed by atoms with Gasteiger partial charge in [0.1, 0.15) is 0 Å². The van der Waals surface area contributed by atoms with Gasteiger partial charge in [0.25, 0.3) is 0 Å². The first kappa shape index (κ1) is 7.99. The summed E-state index contributed by atoms with van der Waals surface area (Å²) >= 11 is 0. The highest BCUT2D eigenvalue weighted by atomic mass is 14.4. The maximum absolute atomic E-state index is 7.40. The fourth-order valence-electron chi connectivity index (χ4n) is 0.976. The van der Waals surface area contributed by atoms with E-state index in [1.165, 1.54) is 0 Å². The van der Waals surface area contributed by atoms with E-state index in [9.17, 15) is 0 Å². The SMILES string of the molecule is CC(=N)C1=C/C=C\CCC=C1. The average molecular weight is 147 g/mol. The molecule has 58 valence electrons. The van der Waals surface area contributed by atoms with Gasteiger partial charge in [-0.3, -0.25) is 0 Å². The summed E-state index contributed by atoms with van der Waals surface area (Å²) in [6, 6.07) is 0. The molecule has 1 N–H and O–H groups in total. The molecule has 0 spiro atoms. The molecule has 0 heterocycles. The third kappa shape index (κ3) is 2.54. The topological polar surface area (TPSA) is 23.9 Å². The molecule has 0 atom stereocenters. The largest absolute Gasteiger partial charge is 0.305 e. The standard InChI is InChI=1S/C10H13N/c1-9(11)10-7-5-3-2-4-6-8-10/h3,5-8,11H,2,4H2,1H3/b5-3-,8-6?,10-7?,11-9?. The maximum atomic E-state index is 7.40. The highest BCUT2D eigenvalue weighted by Gasteiger charge is 1.93. The van der Waals surface area contributed by atoms with Crippen LogP contribution in [0.4, 0.5) is 0 Å². The lowest BCUT2D eigenvalue weighted by Crippen LogP contribution is -1.91. The quantitative estimate of drug-likeness (QED) is 0.551. The van der Waals surface area contributed by atoms with Crippen LogP contribution in [0.5, 0.6) is 0 Å². The highest BCUT2D eigenvalue weighted by Crippen LogP contribution is 2.05. The lowest BCUT2D eigenvalue weighted by Gasteiger charge is -1.98. The van der Waals surface area contributed by atoms with Crippen molar-refractivity contribution in [2.24, 2.45) is 0 Å². The second-order valence-electron chi connectivity index (χ2n) is 2.65. The Labute approximate surface area is 67.6 Å². The Balaban J connectivity index is 2.81. The highest BCUT2D eigenvalue weighted by molar-refractivity contribution is 5.98. The second kappa shape index (κ2) is 3.91. The Morgan fingerprint density at radius 2 is 2.09 bits per heavy atom. The molecular formula is C10H13N. The van der Waals surface area contributed by atoms with Gasteiger partial charge >= 0.3 is 0 Å². The first-order valence-electron chi connectivity index (χ1n) is 3.89. The Kier molecular flexibility index (Phi) is 2.84. The molecule has 0 fully saturated rings. The first-order chi connectivity index (χ1) is 5.30. The Morgan fingerprint density at radius 1 is 1.36 bits per heavy atom. The lowest BCUT2D eigenvalue weighted by atomic mass is 10.1. The smallest absolute Gasteiger partial charge is 0.0355 e. The molecule has 1 aliphatic carbocycles. The van der Waals surface area contributed by atoms with Crippen molar-refractivity contribution in [1.82, 2.24) is 0 Å². The predicted molar refractivity (Wildman–Crippen MR) is 49.0 cm³/mol. The van der Waals surface area contributed by atoms with Crippen LogP contribution in [-0.4, -0.2) is 5.71 Å². The second-order valence-corrected chi connectivity index (χ2v) is 2.65. The van der Waals surface area contributed by atoms with Crippen molar-refractivity contribution in [3.8, 4) is 0 Å². The number of rotatable bonds is 1. The number of allylic oxidation sites excluding steroid dienone is 6. The van der Waals surface area contributed by atoms with Crippen LogP contribution in [0.25, 0.3) is 0 Å². The van der Waals surface area contributed by atoms with Gasteiger partial charge in [-0.15, -0.1) is 0 Å². The minimum absolute atomic E-state index is 0.632. The van der Waals surface area contributed by atoms with Gasteiger partial charge in [-0.25, -0.2) is 0 Å². The zero-order valence-corrected chi connectivity index (χ0v) is 6.80. The van der Waals surface area contributed by atoms with Crippen LogP contribution in [-0.2, 0) is 0 Å². The summed E-state index contributed by atoms with van der Waals surface area (Å²) in [5.41, 5.74) is 1.65. The molecule has 0 bridgehead atoms. The molecule has 11 heavy (non-hydrogen) atoms. The molecule has 0 aromatic heterocycles. The van der Waals surface area contributed by atoms with Gasteiger partial charge < -0.3 is 5.41 Å². The third-order valence-electron chi connectivity index (χ3n) is 1.64. The van der Waals surface area contributed by atoms with Crippen molar-refractivity contribution in [2.75, 3.05) is 0 Å². The molecule has 0 saturated heterocycles. The van der Waals surface area contributed by atoms with Crippen molar-refractivity contribution < 1.29 is 0 Å². The summed E-state index contributed by atoms with van der Waals surface area (Å²) in [4.78, 5) is 0. The van der Waals surface area contributed by atoms with E-state index >= 15 is 0 Å². The van der Waals surface area contributed by atoms with Crippen molar-refractivity contribution in [1.29, 1.82) is 5.41 Å². The maximum Gasteiger partial charge on any atom is 0.0355 e.